The van der Waals surface area contributed by atoms with Gasteiger partial charge in [0.1, 0.15) is 0 Å². The molecule has 0 radical (unpaired) electrons. The third-order valence-electron chi connectivity index (χ3n) is 3.79. The lowest BCUT2D eigenvalue weighted by molar-refractivity contribution is -0.119. The van der Waals surface area contributed by atoms with Gasteiger partial charge in [-0.15, -0.1) is 0 Å². The summed E-state index contributed by atoms with van der Waals surface area (Å²) in [6.45, 7) is 6.19. The molecule has 122 valence electrons. The summed E-state index contributed by atoms with van der Waals surface area (Å²) in [7, 11) is 2.02. The highest BCUT2D eigenvalue weighted by molar-refractivity contribution is 5.93. The van der Waals surface area contributed by atoms with Gasteiger partial charge in [-0.25, -0.2) is 0 Å². The van der Waals surface area contributed by atoms with Crippen molar-refractivity contribution in [3.05, 3.63) is 30.3 Å². The minimum absolute atomic E-state index is 0.116. The van der Waals surface area contributed by atoms with E-state index in [4.69, 9.17) is 9.47 Å². The molecule has 0 aliphatic carbocycles. The first kappa shape index (κ1) is 16.9. The zero-order valence-corrected chi connectivity index (χ0v) is 13.5. The van der Waals surface area contributed by atoms with Crippen molar-refractivity contribution in [1.82, 2.24) is 4.90 Å². The molecule has 0 spiro atoms. The van der Waals surface area contributed by atoms with Crippen LogP contribution in [0.1, 0.15) is 13.3 Å². The highest BCUT2D eigenvalue weighted by atomic mass is 16.6. The van der Waals surface area contributed by atoms with Crippen LogP contribution in [0.5, 0.6) is 0 Å². The van der Waals surface area contributed by atoms with Crippen LogP contribution >= 0.6 is 0 Å². The molecule has 0 bridgehead atoms. The second-order valence-corrected chi connectivity index (χ2v) is 5.55. The Balaban J connectivity index is 1.78. The number of benzene rings is 1. The Labute approximate surface area is 132 Å². The van der Waals surface area contributed by atoms with Crippen molar-refractivity contribution < 1.29 is 14.3 Å². The van der Waals surface area contributed by atoms with Gasteiger partial charge in [-0.1, -0.05) is 18.2 Å². The fraction of sp³-hybridized carbons (Fsp3) is 0.588. The van der Waals surface area contributed by atoms with Crippen molar-refractivity contribution in [3.8, 4) is 0 Å². The predicted molar refractivity (Wildman–Crippen MR) is 87.1 cm³/mol. The van der Waals surface area contributed by atoms with Crippen LogP contribution in [0, 0.1) is 0 Å². The van der Waals surface area contributed by atoms with Crippen LogP contribution in [0.25, 0.3) is 0 Å². The van der Waals surface area contributed by atoms with E-state index in [1.165, 1.54) is 0 Å². The summed E-state index contributed by atoms with van der Waals surface area (Å²) in [5, 5.41) is 0. The molecule has 0 aromatic heterocycles. The van der Waals surface area contributed by atoms with Crippen LogP contribution < -0.4 is 4.90 Å². The van der Waals surface area contributed by atoms with Crippen LogP contribution in [-0.2, 0) is 14.3 Å². The molecule has 1 fully saturated rings. The van der Waals surface area contributed by atoms with Gasteiger partial charge in [0.05, 0.1) is 25.9 Å². The van der Waals surface area contributed by atoms with Gasteiger partial charge < -0.3 is 19.3 Å². The molecule has 0 unspecified atom stereocenters. The summed E-state index contributed by atoms with van der Waals surface area (Å²) in [5.74, 6) is 0.154. The van der Waals surface area contributed by atoms with Gasteiger partial charge >= 0.3 is 0 Å². The second-order valence-electron chi connectivity index (χ2n) is 5.55. The van der Waals surface area contributed by atoms with Gasteiger partial charge in [0.15, 0.2) is 0 Å². The molecule has 1 aliphatic heterocycles. The maximum absolute atomic E-state index is 12.4. The zero-order valence-electron chi connectivity index (χ0n) is 13.5. The number of likely N-dealkylation sites (N-methyl/N-ethyl adjacent to an activating group) is 1. The summed E-state index contributed by atoms with van der Waals surface area (Å²) in [4.78, 5) is 16.4. The largest absolute Gasteiger partial charge is 0.376 e. The van der Waals surface area contributed by atoms with E-state index >= 15 is 0 Å². The maximum atomic E-state index is 12.4. The Morgan fingerprint density at radius 1 is 1.27 bits per heavy atom. The topological polar surface area (TPSA) is 42.0 Å². The monoisotopic (exact) mass is 306 g/mol. The van der Waals surface area contributed by atoms with Crippen molar-refractivity contribution in [2.24, 2.45) is 0 Å². The molecule has 0 saturated carbocycles. The van der Waals surface area contributed by atoms with Crippen LogP contribution in [-0.4, -0.2) is 63.4 Å². The first-order valence-corrected chi connectivity index (χ1v) is 7.94. The number of nitrogens with zero attached hydrogens (tertiary/aromatic N) is 2. The van der Waals surface area contributed by atoms with Crippen LogP contribution in [0.4, 0.5) is 5.69 Å². The van der Waals surface area contributed by atoms with Crippen molar-refractivity contribution in [1.29, 1.82) is 0 Å². The van der Waals surface area contributed by atoms with E-state index in [-0.39, 0.29) is 12.0 Å². The molecular weight excluding hydrogens is 280 g/mol. The van der Waals surface area contributed by atoms with Gasteiger partial charge in [-0.3, -0.25) is 4.79 Å². The lowest BCUT2D eigenvalue weighted by Gasteiger charge is -2.28. The summed E-state index contributed by atoms with van der Waals surface area (Å²) < 4.78 is 11.0. The Morgan fingerprint density at radius 2 is 2.05 bits per heavy atom. The number of hydrogen-bond donors (Lipinski definition) is 0. The highest BCUT2D eigenvalue weighted by Gasteiger charge is 2.18. The minimum Gasteiger partial charge on any atom is -0.376 e. The standard InChI is InChI=1S/C17H26N2O3/c1-3-19(15-7-5-4-6-8-15)17(20)9-10-18(2)13-16-14-21-11-12-22-16/h4-8,16H,3,9-14H2,1-2H3/t16-/m0/s1. The molecule has 1 aromatic carbocycles. The normalized spacial score (nSPS) is 18.4. The molecule has 5 nitrogen and oxygen atoms in total. The van der Waals surface area contributed by atoms with Crippen molar-refractivity contribution in [2.45, 2.75) is 19.4 Å². The molecule has 1 heterocycles. The van der Waals surface area contributed by atoms with Gasteiger partial charge in [0, 0.05) is 31.7 Å². The fourth-order valence-electron chi connectivity index (χ4n) is 2.61. The van der Waals surface area contributed by atoms with Gasteiger partial charge in [-0.05, 0) is 26.1 Å². The number of hydrogen-bond acceptors (Lipinski definition) is 4. The first-order chi connectivity index (χ1) is 10.7. The Bertz CT molecular complexity index is 446. The van der Waals surface area contributed by atoms with E-state index in [9.17, 15) is 4.79 Å². The highest BCUT2D eigenvalue weighted by Crippen LogP contribution is 2.14. The lowest BCUT2D eigenvalue weighted by atomic mass is 10.2. The van der Waals surface area contributed by atoms with E-state index in [1.807, 2.05) is 49.2 Å². The number of ether oxygens (including phenoxy) is 2. The van der Waals surface area contributed by atoms with E-state index in [1.54, 1.807) is 0 Å². The van der Waals surface area contributed by atoms with Crippen molar-refractivity contribution in [3.63, 3.8) is 0 Å². The molecule has 2 rings (SSSR count). The summed E-state index contributed by atoms with van der Waals surface area (Å²) in [6, 6.07) is 9.81. The smallest absolute Gasteiger partial charge is 0.228 e. The van der Waals surface area contributed by atoms with E-state index < -0.39 is 0 Å². The number of rotatable bonds is 7. The molecule has 5 heteroatoms. The average molecular weight is 306 g/mol. The average Bonchev–Trinajstić information content (AvgIpc) is 2.55. The molecule has 1 atom stereocenters. The summed E-state index contributed by atoms with van der Waals surface area (Å²) in [5.41, 5.74) is 0.960. The van der Waals surface area contributed by atoms with Gasteiger partial charge in [-0.2, -0.15) is 0 Å². The van der Waals surface area contributed by atoms with Gasteiger partial charge in [0.2, 0.25) is 5.91 Å². The second kappa shape index (κ2) is 8.88. The summed E-state index contributed by atoms with van der Waals surface area (Å²) >= 11 is 0. The fourth-order valence-corrected chi connectivity index (χ4v) is 2.61. The number of carbonyl (C=O) groups excluding carboxylic acids is 1. The summed E-state index contributed by atoms with van der Waals surface area (Å²) in [6.07, 6.45) is 0.623. The maximum Gasteiger partial charge on any atom is 0.228 e. The number of anilines is 1. The SMILES string of the molecule is CCN(C(=O)CCN(C)C[C@H]1COCCO1)c1ccccc1. The number of amides is 1. The third kappa shape index (κ3) is 5.09. The van der Waals surface area contributed by atoms with Crippen molar-refractivity contribution >= 4 is 11.6 Å². The first-order valence-electron chi connectivity index (χ1n) is 7.94. The molecular formula is C17H26N2O3. The lowest BCUT2D eigenvalue weighted by Crippen LogP contribution is -2.40. The Morgan fingerprint density at radius 3 is 2.68 bits per heavy atom. The Hall–Kier alpha value is -1.43. The van der Waals surface area contributed by atoms with Crippen molar-refractivity contribution in [2.75, 3.05) is 51.4 Å². The molecule has 1 amide bonds. The minimum atomic E-state index is 0.116. The van der Waals surface area contributed by atoms with Crippen LogP contribution in [0.15, 0.2) is 30.3 Å². The molecule has 1 aliphatic rings. The zero-order chi connectivity index (χ0) is 15.8. The molecule has 1 saturated heterocycles. The number of carbonyl (C=O) groups is 1. The van der Waals surface area contributed by atoms with Crippen LogP contribution in [0.2, 0.25) is 0 Å². The Kier molecular flexibility index (Phi) is 6.83. The third-order valence-corrected chi connectivity index (χ3v) is 3.79. The van der Waals surface area contributed by atoms with E-state index in [2.05, 4.69) is 4.90 Å². The molecule has 22 heavy (non-hydrogen) atoms. The number of para-hydroxylation sites is 1. The predicted octanol–water partition coefficient (Wildman–Crippen LogP) is 1.78. The van der Waals surface area contributed by atoms with Crippen LogP contribution in [0.3, 0.4) is 0 Å². The molecule has 1 aromatic rings. The quantitative estimate of drug-likeness (QED) is 0.770. The molecule has 0 N–H and O–H groups in total. The van der Waals surface area contributed by atoms with Gasteiger partial charge in [0.25, 0.3) is 0 Å². The van der Waals surface area contributed by atoms with E-state index in [0.29, 0.717) is 32.8 Å². The van der Waals surface area contributed by atoms with E-state index in [0.717, 1.165) is 18.8 Å².